The molecule has 0 unspecified atom stereocenters. The van der Waals surface area contributed by atoms with Crippen LogP contribution in [-0.4, -0.2) is 12.3 Å². The lowest BCUT2D eigenvalue weighted by atomic mass is 9.50. The molecule has 0 aromatic carbocycles. The van der Waals surface area contributed by atoms with Crippen molar-refractivity contribution in [2.24, 2.45) is 34.6 Å². The lowest BCUT2D eigenvalue weighted by Crippen LogP contribution is -2.48. The van der Waals surface area contributed by atoms with E-state index in [0.29, 0.717) is 0 Å². The molecule has 1 nitrogen and oxygen atoms in total. The zero-order valence-electron chi connectivity index (χ0n) is 10.2. The summed E-state index contributed by atoms with van der Waals surface area (Å²) < 4.78 is 0. The molecule has 0 spiro atoms. The van der Waals surface area contributed by atoms with Crippen LogP contribution in [0.15, 0.2) is 4.99 Å². The largest absolute Gasteiger partial charge is 0.294 e. The van der Waals surface area contributed by atoms with Gasteiger partial charge in [0.2, 0.25) is 0 Å². The maximum Gasteiger partial charge on any atom is 0.0388 e. The minimum atomic E-state index is 0.938. The van der Waals surface area contributed by atoms with Crippen LogP contribution in [0.2, 0.25) is 0 Å². The van der Waals surface area contributed by atoms with E-state index in [0.717, 1.165) is 36.1 Å². The van der Waals surface area contributed by atoms with Crippen molar-refractivity contribution in [3.05, 3.63) is 0 Å². The first-order valence-electron chi connectivity index (χ1n) is 7.43. The Kier molecular flexibility index (Phi) is 2.17. The fourth-order valence-electron chi connectivity index (χ4n) is 5.46. The molecule has 88 valence electrons. The summed E-state index contributed by atoms with van der Waals surface area (Å²) in [4.78, 5) is 4.89. The van der Waals surface area contributed by atoms with Gasteiger partial charge in [-0.25, -0.2) is 0 Å². The van der Waals surface area contributed by atoms with Gasteiger partial charge in [0.05, 0.1) is 0 Å². The van der Waals surface area contributed by atoms with E-state index in [1.807, 2.05) is 0 Å². The van der Waals surface area contributed by atoms with Crippen molar-refractivity contribution in [1.29, 1.82) is 0 Å². The monoisotopic (exact) mass is 217 g/mol. The van der Waals surface area contributed by atoms with Crippen LogP contribution in [0.4, 0.5) is 0 Å². The van der Waals surface area contributed by atoms with Crippen LogP contribution in [0.3, 0.4) is 0 Å². The van der Waals surface area contributed by atoms with E-state index in [4.69, 9.17) is 4.99 Å². The molecule has 0 amide bonds. The number of nitrogens with zero attached hydrogens (tertiary/aromatic N) is 1. The Labute approximate surface area is 98.7 Å². The number of aliphatic imine (C=N–C) groups is 1. The second-order valence-electron chi connectivity index (χ2n) is 6.79. The van der Waals surface area contributed by atoms with E-state index in [1.54, 1.807) is 37.8 Å². The molecular weight excluding hydrogens is 194 g/mol. The third-order valence-corrected chi connectivity index (χ3v) is 5.77. The Balaban J connectivity index is 1.62. The van der Waals surface area contributed by atoms with Crippen LogP contribution in [0.25, 0.3) is 0 Å². The van der Waals surface area contributed by atoms with E-state index in [9.17, 15) is 0 Å². The van der Waals surface area contributed by atoms with Gasteiger partial charge in [-0.2, -0.15) is 0 Å². The summed E-state index contributed by atoms with van der Waals surface area (Å²) in [5.74, 6) is 5.26. The molecule has 16 heavy (non-hydrogen) atoms. The van der Waals surface area contributed by atoms with Crippen molar-refractivity contribution in [2.75, 3.05) is 6.54 Å². The van der Waals surface area contributed by atoms with Crippen LogP contribution < -0.4 is 0 Å². The quantitative estimate of drug-likeness (QED) is 0.635. The van der Waals surface area contributed by atoms with Crippen molar-refractivity contribution >= 4 is 5.71 Å². The van der Waals surface area contributed by atoms with E-state index in [2.05, 4.69) is 0 Å². The van der Waals surface area contributed by atoms with Gasteiger partial charge >= 0.3 is 0 Å². The summed E-state index contributed by atoms with van der Waals surface area (Å²) in [5, 5.41) is 0. The zero-order valence-corrected chi connectivity index (χ0v) is 10.2. The van der Waals surface area contributed by atoms with Crippen LogP contribution in [0.1, 0.15) is 51.4 Å². The Hall–Kier alpha value is -0.330. The maximum absolute atomic E-state index is 4.89. The Bertz CT molecular complexity index is 289. The van der Waals surface area contributed by atoms with Crippen molar-refractivity contribution in [3.8, 4) is 0 Å². The van der Waals surface area contributed by atoms with Gasteiger partial charge in [0.25, 0.3) is 0 Å². The normalized spacial score (nSPS) is 50.5. The Morgan fingerprint density at radius 1 is 0.812 bits per heavy atom. The molecule has 0 aromatic rings. The maximum atomic E-state index is 4.89. The minimum Gasteiger partial charge on any atom is -0.294 e. The molecule has 1 heterocycles. The standard InChI is InChI=1S/C15H23N/c1-2-4-16-14(3-1)15-12-6-10-5-11(8-12)9-13(15)7-10/h10-13,15H,1-9H2. The SMILES string of the molecule is C1CCC(C2C3CC4CC(C3)CC2C4)=NC1. The third kappa shape index (κ3) is 1.39. The second-order valence-corrected chi connectivity index (χ2v) is 6.79. The van der Waals surface area contributed by atoms with Gasteiger partial charge in [-0.05, 0) is 75.0 Å². The van der Waals surface area contributed by atoms with Gasteiger partial charge < -0.3 is 0 Å². The van der Waals surface area contributed by atoms with Gasteiger partial charge in [0.1, 0.15) is 0 Å². The summed E-state index contributed by atoms with van der Waals surface area (Å²) in [6, 6.07) is 0. The fourth-order valence-corrected chi connectivity index (χ4v) is 5.46. The predicted octanol–water partition coefficient (Wildman–Crippen LogP) is 3.68. The van der Waals surface area contributed by atoms with Gasteiger partial charge in [0, 0.05) is 18.2 Å². The minimum absolute atomic E-state index is 0.938. The molecule has 4 bridgehead atoms. The Morgan fingerprint density at radius 3 is 2.06 bits per heavy atom. The first-order valence-corrected chi connectivity index (χ1v) is 7.43. The van der Waals surface area contributed by atoms with Gasteiger partial charge in [-0.15, -0.1) is 0 Å². The molecule has 0 atom stereocenters. The summed E-state index contributed by atoms with van der Waals surface area (Å²) >= 11 is 0. The fraction of sp³-hybridized carbons (Fsp3) is 0.933. The van der Waals surface area contributed by atoms with E-state index < -0.39 is 0 Å². The Morgan fingerprint density at radius 2 is 1.50 bits per heavy atom. The third-order valence-electron chi connectivity index (χ3n) is 5.77. The molecule has 0 saturated heterocycles. The molecule has 5 rings (SSSR count). The highest BCUT2D eigenvalue weighted by atomic mass is 14.8. The molecule has 4 aliphatic carbocycles. The summed E-state index contributed by atoms with van der Waals surface area (Å²) in [7, 11) is 0. The van der Waals surface area contributed by atoms with Gasteiger partial charge in [-0.3, -0.25) is 4.99 Å². The molecule has 5 aliphatic rings. The first-order chi connectivity index (χ1) is 7.90. The predicted molar refractivity (Wildman–Crippen MR) is 66.7 cm³/mol. The summed E-state index contributed by atoms with van der Waals surface area (Å²) in [5.41, 5.74) is 1.65. The lowest BCUT2D eigenvalue weighted by Gasteiger charge is -2.55. The van der Waals surface area contributed by atoms with Crippen LogP contribution in [0, 0.1) is 29.6 Å². The smallest absolute Gasteiger partial charge is 0.0388 e. The molecule has 4 saturated carbocycles. The highest BCUT2D eigenvalue weighted by Gasteiger charge is 2.49. The summed E-state index contributed by atoms with van der Waals surface area (Å²) in [6.45, 7) is 1.14. The average molecular weight is 217 g/mol. The second kappa shape index (κ2) is 3.58. The highest BCUT2D eigenvalue weighted by Crippen LogP contribution is 2.57. The number of rotatable bonds is 1. The molecule has 0 aromatic heterocycles. The van der Waals surface area contributed by atoms with E-state index in [1.165, 1.54) is 19.3 Å². The number of hydrogen-bond donors (Lipinski definition) is 0. The molecule has 4 fully saturated rings. The number of hydrogen-bond acceptors (Lipinski definition) is 1. The van der Waals surface area contributed by atoms with E-state index in [-0.39, 0.29) is 0 Å². The van der Waals surface area contributed by atoms with Crippen LogP contribution in [-0.2, 0) is 0 Å². The van der Waals surface area contributed by atoms with Crippen molar-refractivity contribution in [2.45, 2.75) is 51.4 Å². The van der Waals surface area contributed by atoms with E-state index >= 15 is 0 Å². The molecule has 1 heteroatoms. The lowest BCUT2D eigenvalue weighted by molar-refractivity contribution is -0.00922. The first kappa shape index (κ1) is 9.67. The van der Waals surface area contributed by atoms with Crippen molar-refractivity contribution in [3.63, 3.8) is 0 Å². The summed E-state index contributed by atoms with van der Waals surface area (Å²) in [6.07, 6.45) is 11.9. The van der Waals surface area contributed by atoms with Gasteiger partial charge in [-0.1, -0.05) is 0 Å². The molecule has 1 aliphatic heterocycles. The zero-order chi connectivity index (χ0) is 10.5. The average Bonchev–Trinajstić information content (AvgIpc) is 2.29. The topological polar surface area (TPSA) is 12.4 Å². The van der Waals surface area contributed by atoms with Crippen LogP contribution in [0.5, 0.6) is 0 Å². The van der Waals surface area contributed by atoms with Crippen LogP contribution >= 0.6 is 0 Å². The molecule has 0 N–H and O–H groups in total. The van der Waals surface area contributed by atoms with Gasteiger partial charge in [0.15, 0.2) is 0 Å². The van der Waals surface area contributed by atoms with Crippen molar-refractivity contribution < 1.29 is 0 Å². The molecular formula is C15H23N. The molecule has 0 radical (unpaired) electrons. The highest BCUT2D eigenvalue weighted by molar-refractivity contribution is 5.88. The van der Waals surface area contributed by atoms with Crippen molar-refractivity contribution in [1.82, 2.24) is 0 Å².